The molecule has 51 heavy (non-hydrogen) atoms. The zero-order valence-electron chi connectivity index (χ0n) is 25.8. The monoisotopic (exact) mass is 759 g/mol. The number of hydrogen-bond donors (Lipinski definition) is 8. The van der Waals surface area contributed by atoms with Crippen LogP contribution in [-0.2, 0) is 25.8 Å². The highest BCUT2D eigenvalue weighted by atomic mass is 32.2. The van der Waals surface area contributed by atoms with Gasteiger partial charge in [-0.25, -0.2) is 29.4 Å². The quantitative estimate of drug-likeness (QED) is 0.0687. The number of hydrogen-bond acceptors (Lipinski definition) is 17. The van der Waals surface area contributed by atoms with Crippen LogP contribution in [0.15, 0.2) is 62.1 Å². The summed E-state index contributed by atoms with van der Waals surface area (Å²) in [5.41, 5.74) is 8.00. The fourth-order valence-electron chi connectivity index (χ4n) is 5.18. The molecule has 0 bridgehead atoms. The van der Waals surface area contributed by atoms with Gasteiger partial charge in [0.1, 0.15) is 35.0 Å². The number of benzene rings is 1. The van der Waals surface area contributed by atoms with E-state index in [9.17, 15) is 49.5 Å². The van der Waals surface area contributed by atoms with Gasteiger partial charge in [-0.3, -0.25) is 14.5 Å². The average Bonchev–Trinajstić information content (AvgIpc) is 3.71. The third-order valence-corrected chi connectivity index (χ3v) is 10.6. The van der Waals surface area contributed by atoms with Crippen molar-refractivity contribution in [1.82, 2.24) is 30.8 Å². The lowest BCUT2D eigenvalue weighted by molar-refractivity contribution is -0.150. The summed E-state index contributed by atoms with van der Waals surface area (Å²) >= 11 is 3.41. The number of carbonyl (C=O) groups is 5. The first kappa shape index (κ1) is 35.1. The number of aromatic hydroxyl groups is 2. The molecule has 1 fully saturated rings. The van der Waals surface area contributed by atoms with Crippen LogP contribution in [0.5, 0.6) is 11.5 Å². The molecule has 1 aromatic carbocycles. The van der Waals surface area contributed by atoms with Crippen molar-refractivity contribution >= 4 is 81.3 Å². The molecule has 5 heterocycles. The van der Waals surface area contributed by atoms with Crippen LogP contribution in [-0.4, -0.2) is 110 Å². The number of aromatic nitrogens is 1. The summed E-state index contributed by atoms with van der Waals surface area (Å²) in [4.78, 5) is 77.1. The Bertz CT molecular complexity index is 2040. The first-order valence-electron chi connectivity index (χ1n) is 14.3. The van der Waals surface area contributed by atoms with E-state index < -0.39 is 70.6 Å². The molecule has 0 aliphatic carbocycles. The van der Waals surface area contributed by atoms with Gasteiger partial charge in [0, 0.05) is 28.2 Å². The number of aliphatic imine (C=N–C) groups is 1. The van der Waals surface area contributed by atoms with Crippen LogP contribution >= 0.6 is 34.9 Å². The number of hydrazine groups is 2. The topological polar surface area (TPSA) is 293 Å². The number of phenols is 2. The second-order valence-corrected chi connectivity index (χ2v) is 13.8. The van der Waals surface area contributed by atoms with Crippen LogP contribution in [0.2, 0.25) is 0 Å². The molecule has 9 N–H and O–H groups in total. The Balaban J connectivity index is 1.16. The van der Waals surface area contributed by atoms with Crippen LogP contribution in [0.25, 0.3) is 0 Å². The predicted molar refractivity (Wildman–Crippen MR) is 181 cm³/mol. The zero-order valence-corrected chi connectivity index (χ0v) is 28.3. The van der Waals surface area contributed by atoms with Crippen molar-refractivity contribution in [3.05, 3.63) is 68.7 Å². The Morgan fingerprint density at radius 1 is 1.20 bits per heavy atom. The Morgan fingerprint density at radius 3 is 2.63 bits per heavy atom. The maximum absolute atomic E-state index is 13.5. The molecule has 0 radical (unpaired) electrons. The smallest absolute Gasteiger partial charge is 0.427 e. The molecule has 1 aromatic heterocycles. The summed E-state index contributed by atoms with van der Waals surface area (Å²) in [6.07, 6.45) is 1.72. The van der Waals surface area contributed by atoms with E-state index in [1.807, 2.05) is 0 Å². The van der Waals surface area contributed by atoms with E-state index in [1.54, 1.807) is 13.0 Å². The van der Waals surface area contributed by atoms with Crippen LogP contribution in [0.1, 0.15) is 28.5 Å². The normalized spacial score (nSPS) is 19.8. The van der Waals surface area contributed by atoms with Crippen molar-refractivity contribution in [1.29, 1.82) is 0 Å². The molecule has 4 aliphatic rings. The van der Waals surface area contributed by atoms with Gasteiger partial charge in [0.15, 0.2) is 28.2 Å². The summed E-state index contributed by atoms with van der Waals surface area (Å²) < 4.78 is 0. The van der Waals surface area contributed by atoms with Crippen molar-refractivity contribution in [3.8, 4) is 11.5 Å². The number of allylic oxidation sites excluding steroid dienone is 1. The second-order valence-electron chi connectivity index (χ2n) is 10.8. The second kappa shape index (κ2) is 13.9. The number of anilines is 1. The highest BCUT2D eigenvalue weighted by molar-refractivity contribution is 8.03. The number of nitrogens with two attached hydrogens (primary N) is 1. The highest BCUT2D eigenvalue weighted by Crippen LogP contribution is 2.42. The standard InChI is InChI=1S/C28H25N9O11S3/c1-10-4-16(37-15(30-10)5-35(34-37)28(46)47)49-7-12-8-50-24-19(23(41)36(24)20(12)26(44)45)32-22(40)18(13-9-51-27(29)31-13)33-48-6-11-2-3-14(38)21(39)17(11)25(42)43/h2-5,9,19,24,34,38-39H,6-8H2,1H3,(H2,29,31)(H,32,40)(H,42,43)(H,44,45)(H,46,47)/b33-18-/t19-,24-/m1/s1. The Hall–Kier alpha value is -5.78. The van der Waals surface area contributed by atoms with Gasteiger partial charge in [0.2, 0.25) is 0 Å². The van der Waals surface area contributed by atoms with E-state index in [0.29, 0.717) is 22.1 Å². The Labute approximate surface area is 298 Å². The van der Waals surface area contributed by atoms with Gasteiger partial charge in [-0.05, 0) is 24.6 Å². The van der Waals surface area contributed by atoms with Crippen molar-refractivity contribution in [2.75, 3.05) is 17.2 Å². The van der Waals surface area contributed by atoms with Crippen LogP contribution in [0, 0.1) is 0 Å². The number of oxime groups is 1. The number of thiazole rings is 1. The number of rotatable bonds is 11. The summed E-state index contributed by atoms with van der Waals surface area (Å²) in [6.45, 7) is 1.17. The van der Waals surface area contributed by atoms with E-state index in [4.69, 9.17) is 10.6 Å². The zero-order chi connectivity index (χ0) is 36.7. The predicted octanol–water partition coefficient (Wildman–Crippen LogP) is 1.06. The fraction of sp³-hybridized carbons (Fsp3) is 0.214. The maximum Gasteiger partial charge on any atom is 0.427 e. The number of amides is 3. The van der Waals surface area contributed by atoms with Gasteiger partial charge >= 0.3 is 18.0 Å². The number of aliphatic carboxylic acids is 1. The molecule has 2 aromatic rings. The molecule has 3 amide bonds. The Kier molecular flexibility index (Phi) is 9.52. The van der Waals surface area contributed by atoms with Crippen molar-refractivity contribution in [2.24, 2.45) is 10.1 Å². The Morgan fingerprint density at radius 2 is 1.96 bits per heavy atom. The molecule has 0 saturated carbocycles. The molecule has 1 saturated heterocycles. The summed E-state index contributed by atoms with van der Waals surface area (Å²) in [5, 5.41) is 58.5. The number of nitrogens with one attached hydrogen (secondary N) is 2. The third kappa shape index (κ3) is 6.73. The molecule has 266 valence electrons. The van der Waals surface area contributed by atoms with Crippen LogP contribution < -0.4 is 16.6 Å². The SMILES string of the molecule is CC1=NC2=CN(C(=O)O)NN2C(SCC2=C(C(=O)O)N3C(=O)[C@@H](NC(=O)/C(=N\OCc4ccc(O)c(O)c4C(=O)O)c4csc(N)n4)[C@H]3SC2)=C1. The molecule has 20 nitrogen and oxygen atoms in total. The minimum Gasteiger partial charge on any atom is -0.504 e. The number of carboxylic acid groups (broad SMARTS) is 3. The van der Waals surface area contributed by atoms with E-state index in [0.717, 1.165) is 27.3 Å². The van der Waals surface area contributed by atoms with E-state index in [2.05, 4.69) is 26.0 Å². The van der Waals surface area contributed by atoms with Gasteiger partial charge in [0.25, 0.3) is 11.8 Å². The van der Waals surface area contributed by atoms with E-state index in [1.165, 1.54) is 46.2 Å². The van der Waals surface area contributed by atoms with Gasteiger partial charge in [0.05, 0.1) is 11.2 Å². The van der Waals surface area contributed by atoms with Crippen molar-refractivity contribution < 1.29 is 54.3 Å². The molecule has 0 unspecified atom stereocenters. The lowest BCUT2D eigenvalue weighted by atomic mass is 10.0. The summed E-state index contributed by atoms with van der Waals surface area (Å²) in [7, 11) is 0. The minimum atomic E-state index is -1.55. The number of thioether (sulfide) groups is 2. The number of aromatic carboxylic acids is 1. The lowest BCUT2D eigenvalue weighted by Gasteiger charge is -2.49. The van der Waals surface area contributed by atoms with Gasteiger partial charge in [-0.15, -0.1) is 40.4 Å². The van der Waals surface area contributed by atoms with Crippen LogP contribution in [0.3, 0.4) is 0 Å². The number of carboxylic acids is 2. The third-order valence-electron chi connectivity index (χ3n) is 7.47. The summed E-state index contributed by atoms with van der Waals surface area (Å²) in [6, 6.07) is 1.07. The molecule has 23 heteroatoms. The molecular formula is C28H25N9O11S3. The number of carbonyl (C=O) groups excluding carboxylic acids is 2. The first-order chi connectivity index (χ1) is 24.2. The maximum atomic E-state index is 13.5. The van der Waals surface area contributed by atoms with E-state index >= 15 is 0 Å². The fourth-order valence-corrected chi connectivity index (χ4v) is 8.28. The molecule has 4 aliphatic heterocycles. The number of nitrogens with zero attached hydrogens (tertiary/aromatic N) is 6. The number of nitrogen functional groups attached to an aromatic ring is 1. The first-order valence-corrected chi connectivity index (χ1v) is 17.3. The molecule has 0 spiro atoms. The average molecular weight is 760 g/mol. The van der Waals surface area contributed by atoms with Crippen molar-refractivity contribution in [3.63, 3.8) is 0 Å². The molecule has 6 rings (SSSR count). The van der Waals surface area contributed by atoms with E-state index in [-0.39, 0.29) is 33.6 Å². The largest absolute Gasteiger partial charge is 0.504 e. The summed E-state index contributed by atoms with van der Waals surface area (Å²) in [5.74, 6) is -5.45. The molecule has 2 atom stereocenters. The number of fused-ring (bicyclic) bond motifs is 2. The molecular weight excluding hydrogens is 735 g/mol. The van der Waals surface area contributed by atoms with Gasteiger partial charge < -0.3 is 41.4 Å². The van der Waals surface area contributed by atoms with Gasteiger partial charge in [-0.1, -0.05) is 11.2 Å². The number of β-lactam (4-membered cyclic amide) rings is 1. The highest BCUT2D eigenvalue weighted by Gasteiger charge is 2.54. The lowest BCUT2D eigenvalue weighted by Crippen LogP contribution is -2.71. The number of phenolic OH excluding ortho intramolecular Hbond substituents is 1. The van der Waals surface area contributed by atoms with Crippen molar-refractivity contribution in [2.45, 2.75) is 24.9 Å². The van der Waals surface area contributed by atoms with Gasteiger partial charge in [-0.2, -0.15) is 5.01 Å². The van der Waals surface area contributed by atoms with Crippen LogP contribution in [0.4, 0.5) is 9.93 Å². The minimum absolute atomic E-state index is 0.0263.